The summed E-state index contributed by atoms with van der Waals surface area (Å²) in [7, 11) is 0. The van der Waals surface area contributed by atoms with Gasteiger partial charge in [0.05, 0.1) is 24.3 Å². The maximum Gasteiger partial charge on any atom is 0.410 e. The summed E-state index contributed by atoms with van der Waals surface area (Å²) in [6.07, 6.45) is 5.15. The number of hydrogen-bond donors (Lipinski definition) is 0. The smallest absolute Gasteiger partial charge is 0.410 e. The average Bonchev–Trinajstić information content (AvgIpc) is 3.55. The molecule has 0 aromatic carbocycles. The first-order valence-corrected chi connectivity index (χ1v) is 12.4. The van der Waals surface area contributed by atoms with Crippen LogP contribution in [-0.2, 0) is 9.47 Å². The highest BCUT2D eigenvalue weighted by atomic mass is 16.6. The molecule has 0 aromatic heterocycles. The molecule has 0 spiro atoms. The number of carbonyl (C=O) groups is 1. The molecule has 182 valence electrons. The minimum Gasteiger partial charge on any atom is -0.444 e. The highest BCUT2D eigenvalue weighted by Crippen LogP contribution is 2.47. The molecule has 2 fully saturated rings. The first-order chi connectivity index (χ1) is 15.4. The number of hydrogen-bond acceptors (Lipinski definition) is 6. The highest BCUT2D eigenvalue weighted by Gasteiger charge is 2.44. The lowest BCUT2D eigenvalue weighted by atomic mass is 9.82. The molecule has 7 heteroatoms. The average molecular weight is 457 g/mol. The van der Waals surface area contributed by atoms with E-state index in [0.717, 1.165) is 6.42 Å². The number of carbonyl (C=O) groups excluding carboxylic acids is 1. The van der Waals surface area contributed by atoms with Crippen LogP contribution in [0.25, 0.3) is 0 Å². The second kappa shape index (κ2) is 8.63. The Labute approximate surface area is 198 Å². The van der Waals surface area contributed by atoms with Gasteiger partial charge in [0, 0.05) is 32.3 Å². The van der Waals surface area contributed by atoms with Gasteiger partial charge >= 0.3 is 6.09 Å². The zero-order chi connectivity index (χ0) is 24.1. The van der Waals surface area contributed by atoms with Crippen LogP contribution in [0.4, 0.5) is 4.79 Å². The fourth-order valence-electron chi connectivity index (χ4n) is 5.21. The van der Waals surface area contributed by atoms with Gasteiger partial charge in [-0.05, 0) is 76.0 Å². The number of rotatable bonds is 3. The summed E-state index contributed by atoms with van der Waals surface area (Å²) in [5, 5.41) is 14.7. The van der Waals surface area contributed by atoms with Gasteiger partial charge in [-0.1, -0.05) is 13.8 Å². The van der Waals surface area contributed by atoms with Gasteiger partial charge < -0.3 is 14.4 Å². The molecule has 0 bridgehead atoms. The van der Waals surface area contributed by atoms with E-state index in [-0.39, 0.29) is 29.7 Å². The lowest BCUT2D eigenvalue weighted by Crippen LogP contribution is -2.62. The minimum atomic E-state index is -0.519. The van der Waals surface area contributed by atoms with Crippen molar-refractivity contribution in [1.29, 1.82) is 5.26 Å². The summed E-state index contributed by atoms with van der Waals surface area (Å²) in [5.74, 6) is 0.847. The molecule has 2 atom stereocenters. The number of nitrogens with zero attached hydrogens (tertiary/aromatic N) is 4. The van der Waals surface area contributed by atoms with Crippen LogP contribution in [0.1, 0.15) is 67.7 Å². The van der Waals surface area contributed by atoms with Crippen LogP contribution in [0.2, 0.25) is 0 Å². The van der Waals surface area contributed by atoms with E-state index in [0.29, 0.717) is 32.2 Å². The van der Waals surface area contributed by atoms with Crippen molar-refractivity contribution in [1.82, 2.24) is 14.9 Å². The van der Waals surface area contributed by atoms with Crippen LogP contribution in [0, 0.1) is 23.2 Å². The van der Waals surface area contributed by atoms with Crippen molar-refractivity contribution in [2.45, 2.75) is 91.0 Å². The summed E-state index contributed by atoms with van der Waals surface area (Å²) in [6.45, 7) is 16.8. The van der Waals surface area contributed by atoms with Crippen molar-refractivity contribution in [2.24, 2.45) is 11.8 Å². The monoisotopic (exact) mass is 456 g/mol. The summed E-state index contributed by atoms with van der Waals surface area (Å²) in [6, 6.07) is 2.29. The fraction of sp³-hybridized carbons (Fsp3) is 0.769. The first-order valence-electron chi connectivity index (χ1n) is 12.4. The molecular formula is C26H40N4O3. The summed E-state index contributed by atoms with van der Waals surface area (Å²) < 4.78 is 11.8. The molecule has 0 radical (unpaired) electrons. The third-order valence-electron chi connectivity index (χ3n) is 7.09. The van der Waals surface area contributed by atoms with Gasteiger partial charge in [0.2, 0.25) is 0 Å². The molecule has 1 amide bonds. The maximum absolute atomic E-state index is 12.9. The van der Waals surface area contributed by atoms with Gasteiger partial charge in [0.15, 0.2) is 6.04 Å². The molecule has 1 unspecified atom stereocenters. The van der Waals surface area contributed by atoms with Crippen LogP contribution in [0.15, 0.2) is 22.9 Å². The molecule has 3 heterocycles. The third-order valence-corrected chi connectivity index (χ3v) is 7.09. The highest BCUT2D eigenvalue weighted by molar-refractivity contribution is 5.68. The molecule has 4 rings (SSSR count). The molecular weight excluding hydrogens is 416 g/mol. The first kappa shape index (κ1) is 24.1. The van der Waals surface area contributed by atoms with Gasteiger partial charge in [-0.3, -0.25) is 5.01 Å². The van der Waals surface area contributed by atoms with Gasteiger partial charge in [-0.25, -0.2) is 9.80 Å². The Kier molecular flexibility index (Phi) is 6.30. The molecule has 33 heavy (non-hydrogen) atoms. The fourth-order valence-corrected chi connectivity index (χ4v) is 5.21. The number of nitriles is 1. The van der Waals surface area contributed by atoms with Gasteiger partial charge in [-0.15, -0.1) is 0 Å². The van der Waals surface area contributed by atoms with E-state index in [4.69, 9.17) is 9.47 Å². The van der Waals surface area contributed by atoms with Crippen molar-refractivity contribution in [2.75, 3.05) is 26.2 Å². The van der Waals surface area contributed by atoms with E-state index in [1.165, 1.54) is 29.6 Å². The van der Waals surface area contributed by atoms with E-state index < -0.39 is 5.60 Å². The standard InChI is InChI=1S/C26H40N4O3/c1-17(2)23-15-28(10-11-29(23)24(31)33-25(3,4)5)30-14-20(18-8-9-18)21-16-32-26(6,7)12-19(21)22(30)13-27/h14,17-18,22-23H,8-12,15-16H2,1-7H3/t22?,23-/m0/s1. The van der Waals surface area contributed by atoms with Crippen molar-refractivity contribution < 1.29 is 14.3 Å². The van der Waals surface area contributed by atoms with Crippen LogP contribution in [0.3, 0.4) is 0 Å². The third kappa shape index (κ3) is 5.07. The summed E-state index contributed by atoms with van der Waals surface area (Å²) >= 11 is 0. The predicted molar refractivity (Wildman–Crippen MR) is 127 cm³/mol. The van der Waals surface area contributed by atoms with Crippen molar-refractivity contribution in [3.8, 4) is 6.07 Å². The van der Waals surface area contributed by atoms with E-state index >= 15 is 0 Å². The number of piperazine rings is 1. The second-order valence-electron chi connectivity index (χ2n) is 11.9. The quantitative estimate of drug-likeness (QED) is 0.624. The molecule has 0 aromatic rings. The van der Waals surface area contributed by atoms with Crippen molar-refractivity contribution in [3.05, 3.63) is 22.9 Å². The molecule has 3 aliphatic heterocycles. The Morgan fingerprint density at radius 2 is 1.97 bits per heavy atom. The van der Waals surface area contributed by atoms with Crippen LogP contribution >= 0.6 is 0 Å². The molecule has 4 aliphatic rings. The Morgan fingerprint density at radius 3 is 2.55 bits per heavy atom. The normalized spacial score (nSPS) is 28.4. The second-order valence-corrected chi connectivity index (χ2v) is 11.9. The maximum atomic E-state index is 12.9. The largest absolute Gasteiger partial charge is 0.444 e. The topological polar surface area (TPSA) is 69.0 Å². The van der Waals surface area contributed by atoms with Crippen LogP contribution < -0.4 is 0 Å². The van der Waals surface area contributed by atoms with E-state index in [9.17, 15) is 10.1 Å². The Hall–Kier alpha value is -2.04. The molecule has 1 saturated carbocycles. The van der Waals surface area contributed by atoms with E-state index in [1.807, 2.05) is 25.7 Å². The number of amides is 1. The summed E-state index contributed by atoms with van der Waals surface area (Å²) in [5.41, 5.74) is 3.04. The van der Waals surface area contributed by atoms with Crippen molar-refractivity contribution >= 4 is 6.09 Å². The Bertz CT molecular complexity index is 888. The van der Waals surface area contributed by atoms with E-state index in [2.05, 4.69) is 50.0 Å². The molecule has 0 N–H and O–H groups in total. The predicted octanol–water partition coefficient (Wildman–Crippen LogP) is 4.48. The number of hydrazine groups is 1. The molecule has 1 saturated heterocycles. The lowest BCUT2D eigenvalue weighted by Gasteiger charge is -2.50. The SMILES string of the molecule is CC(C)[C@@H]1CN(N2C=C(C3CC3)C3=C(CC(C)(C)OC3)C2C#N)CCN1C(=O)OC(C)(C)C. The van der Waals surface area contributed by atoms with Gasteiger partial charge in [0.25, 0.3) is 0 Å². The zero-order valence-corrected chi connectivity index (χ0v) is 21.4. The van der Waals surface area contributed by atoms with Crippen LogP contribution in [-0.4, -0.2) is 70.5 Å². The number of ether oxygens (including phenoxy) is 2. The molecule has 1 aliphatic carbocycles. The van der Waals surface area contributed by atoms with Crippen molar-refractivity contribution in [3.63, 3.8) is 0 Å². The van der Waals surface area contributed by atoms with Crippen LogP contribution in [0.5, 0.6) is 0 Å². The minimum absolute atomic E-state index is 0.0206. The van der Waals surface area contributed by atoms with Gasteiger partial charge in [0.1, 0.15) is 5.60 Å². The Balaban J connectivity index is 1.60. The van der Waals surface area contributed by atoms with E-state index in [1.54, 1.807) is 0 Å². The molecule has 7 nitrogen and oxygen atoms in total. The zero-order valence-electron chi connectivity index (χ0n) is 21.4. The Morgan fingerprint density at radius 1 is 1.27 bits per heavy atom. The van der Waals surface area contributed by atoms with Gasteiger partial charge in [-0.2, -0.15) is 5.26 Å². The summed E-state index contributed by atoms with van der Waals surface area (Å²) in [4.78, 5) is 14.8. The lowest BCUT2D eigenvalue weighted by molar-refractivity contribution is -0.0753.